The first-order chi connectivity index (χ1) is 6.13. The average molecular weight is 219 g/mol. The number of rotatable bonds is 3. The lowest BCUT2D eigenvalue weighted by atomic mass is 10.5. The summed E-state index contributed by atoms with van der Waals surface area (Å²) in [5, 5.41) is 7.52. The Kier molecular flexibility index (Phi) is 3.49. The van der Waals surface area contributed by atoms with E-state index in [1.165, 1.54) is 30.2 Å². The summed E-state index contributed by atoms with van der Waals surface area (Å²) in [6.45, 7) is 1.74. The summed E-state index contributed by atoms with van der Waals surface area (Å²) in [7, 11) is 1.36. The fourth-order valence-corrected chi connectivity index (χ4v) is 2.44. The minimum absolute atomic E-state index is 0.279. The standard InChI is InChI=1S/C6H9N3O2S2/c1-3(4(10)11-2)12-6-9-8-5(7)13-6/h3H,1-2H3,(H2,7,8). The molecule has 7 heteroatoms. The highest BCUT2D eigenvalue weighted by atomic mass is 32.2. The molecule has 0 spiro atoms. The number of aromatic nitrogens is 2. The van der Waals surface area contributed by atoms with Gasteiger partial charge in [-0.25, -0.2) is 0 Å². The molecule has 13 heavy (non-hydrogen) atoms. The molecule has 0 saturated carbocycles. The molecule has 0 amide bonds. The zero-order valence-electron chi connectivity index (χ0n) is 7.18. The van der Waals surface area contributed by atoms with Gasteiger partial charge in [-0.1, -0.05) is 23.1 Å². The van der Waals surface area contributed by atoms with Crippen LogP contribution in [0.4, 0.5) is 5.13 Å². The van der Waals surface area contributed by atoms with Gasteiger partial charge in [-0.05, 0) is 6.92 Å². The van der Waals surface area contributed by atoms with Gasteiger partial charge in [-0.2, -0.15) is 0 Å². The van der Waals surface area contributed by atoms with E-state index in [9.17, 15) is 4.79 Å². The zero-order chi connectivity index (χ0) is 9.84. The normalized spacial score (nSPS) is 12.5. The van der Waals surface area contributed by atoms with E-state index in [4.69, 9.17) is 5.73 Å². The number of hydrogen-bond donors (Lipinski definition) is 1. The van der Waals surface area contributed by atoms with E-state index in [2.05, 4.69) is 14.9 Å². The molecule has 0 aliphatic rings. The minimum atomic E-state index is -0.280. The second-order valence-corrected chi connectivity index (χ2v) is 4.79. The lowest BCUT2D eigenvalue weighted by Crippen LogP contribution is -2.14. The van der Waals surface area contributed by atoms with Crippen molar-refractivity contribution in [3.05, 3.63) is 0 Å². The fraction of sp³-hybridized carbons (Fsp3) is 0.500. The van der Waals surface area contributed by atoms with E-state index in [0.717, 1.165) is 0 Å². The highest BCUT2D eigenvalue weighted by Gasteiger charge is 2.16. The quantitative estimate of drug-likeness (QED) is 0.597. The minimum Gasteiger partial charge on any atom is -0.468 e. The Balaban J connectivity index is 2.54. The summed E-state index contributed by atoms with van der Waals surface area (Å²) in [6, 6.07) is 0. The van der Waals surface area contributed by atoms with Gasteiger partial charge in [0.15, 0.2) is 4.34 Å². The molecular formula is C6H9N3O2S2. The Morgan fingerprint density at radius 3 is 2.85 bits per heavy atom. The zero-order valence-corrected chi connectivity index (χ0v) is 8.82. The predicted molar refractivity (Wildman–Crippen MR) is 51.7 cm³/mol. The Labute approximate surface area is 83.7 Å². The van der Waals surface area contributed by atoms with E-state index in [1.54, 1.807) is 6.92 Å². The van der Waals surface area contributed by atoms with Crippen LogP contribution in [0.5, 0.6) is 0 Å². The second kappa shape index (κ2) is 4.43. The van der Waals surface area contributed by atoms with Gasteiger partial charge in [0.2, 0.25) is 5.13 Å². The Morgan fingerprint density at radius 2 is 2.38 bits per heavy atom. The molecule has 1 unspecified atom stereocenters. The van der Waals surface area contributed by atoms with Crippen molar-refractivity contribution in [1.29, 1.82) is 0 Å². The molecule has 72 valence electrons. The second-order valence-electron chi connectivity index (χ2n) is 2.19. The van der Waals surface area contributed by atoms with Crippen molar-refractivity contribution in [2.75, 3.05) is 12.8 Å². The molecule has 0 aliphatic carbocycles. The highest BCUT2D eigenvalue weighted by molar-refractivity contribution is 8.02. The Hall–Kier alpha value is -0.820. The number of nitrogens with zero attached hydrogens (tertiary/aromatic N) is 2. The maximum absolute atomic E-state index is 11.0. The van der Waals surface area contributed by atoms with Crippen LogP contribution < -0.4 is 5.73 Å². The largest absolute Gasteiger partial charge is 0.468 e. The molecule has 1 heterocycles. The third-order valence-corrected chi connectivity index (χ3v) is 3.15. The first-order valence-electron chi connectivity index (χ1n) is 3.47. The molecule has 0 aliphatic heterocycles. The van der Waals surface area contributed by atoms with E-state index < -0.39 is 0 Å². The van der Waals surface area contributed by atoms with Gasteiger partial charge < -0.3 is 10.5 Å². The first-order valence-corrected chi connectivity index (χ1v) is 5.16. The smallest absolute Gasteiger partial charge is 0.318 e. The van der Waals surface area contributed by atoms with Crippen LogP contribution in [0.15, 0.2) is 4.34 Å². The number of carbonyl (C=O) groups is 1. The molecule has 2 N–H and O–H groups in total. The van der Waals surface area contributed by atoms with Crippen molar-refractivity contribution in [2.45, 2.75) is 16.5 Å². The Bertz CT molecular complexity index is 302. The summed E-state index contributed by atoms with van der Waals surface area (Å²) >= 11 is 2.54. The number of hydrogen-bond acceptors (Lipinski definition) is 7. The lowest BCUT2D eigenvalue weighted by molar-refractivity contribution is -0.139. The van der Waals surface area contributed by atoms with Crippen molar-refractivity contribution in [1.82, 2.24) is 10.2 Å². The van der Waals surface area contributed by atoms with Crippen molar-refractivity contribution in [3.8, 4) is 0 Å². The molecule has 1 aromatic heterocycles. The molecule has 0 bridgehead atoms. The van der Waals surface area contributed by atoms with Crippen LogP contribution in [0.3, 0.4) is 0 Å². The number of nitrogen functional groups attached to an aromatic ring is 1. The topological polar surface area (TPSA) is 78.1 Å². The van der Waals surface area contributed by atoms with Crippen LogP contribution >= 0.6 is 23.1 Å². The van der Waals surface area contributed by atoms with Crippen LogP contribution in [-0.4, -0.2) is 28.5 Å². The molecule has 1 aromatic rings. The number of thioether (sulfide) groups is 1. The number of ether oxygens (including phenoxy) is 1. The summed E-state index contributed by atoms with van der Waals surface area (Å²) in [4.78, 5) is 11.0. The third kappa shape index (κ3) is 2.85. The van der Waals surface area contributed by atoms with Gasteiger partial charge in [-0.3, -0.25) is 4.79 Å². The number of methoxy groups -OCH3 is 1. The SMILES string of the molecule is COC(=O)C(C)Sc1nnc(N)s1. The summed E-state index contributed by atoms with van der Waals surface area (Å²) in [6.07, 6.45) is 0. The Morgan fingerprint density at radius 1 is 1.69 bits per heavy atom. The van der Waals surface area contributed by atoms with Gasteiger partial charge in [0.05, 0.1) is 7.11 Å². The maximum atomic E-state index is 11.0. The third-order valence-electron chi connectivity index (χ3n) is 1.23. The van der Waals surface area contributed by atoms with Crippen LogP contribution in [-0.2, 0) is 9.53 Å². The summed E-state index contributed by atoms with van der Waals surface area (Å²) in [5.41, 5.74) is 5.38. The number of nitrogens with two attached hydrogens (primary N) is 1. The van der Waals surface area contributed by atoms with Crippen molar-refractivity contribution < 1.29 is 9.53 Å². The molecule has 0 fully saturated rings. The molecule has 1 rings (SSSR count). The molecule has 0 aromatic carbocycles. The van der Waals surface area contributed by atoms with Crippen LogP contribution in [0.1, 0.15) is 6.92 Å². The fourth-order valence-electron chi connectivity index (χ4n) is 0.633. The molecule has 0 saturated heterocycles. The summed E-state index contributed by atoms with van der Waals surface area (Å²) in [5.74, 6) is -0.279. The predicted octanol–water partition coefficient (Wildman–Crippen LogP) is 0.774. The van der Waals surface area contributed by atoms with E-state index in [1.807, 2.05) is 0 Å². The number of anilines is 1. The summed E-state index contributed by atoms with van der Waals surface area (Å²) < 4.78 is 5.23. The van der Waals surface area contributed by atoms with Gasteiger partial charge in [0.25, 0.3) is 0 Å². The van der Waals surface area contributed by atoms with Crippen molar-refractivity contribution >= 4 is 34.2 Å². The van der Waals surface area contributed by atoms with Crippen LogP contribution in [0.25, 0.3) is 0 Å². The van der Waals surface area contributed by atoms with Gasteiger partial charge >= 0.3 is 5.97 Å². The average Bonchev–Trinajstić information content (AvgIpc) is 2.49. The lowest BCUT2D eigenvalue weighted by Gasteiger charge is -2.04. The molecule has 1 atom stereocenters. The van der Waals surface area contributed by atoms with Gasteiger partial charge in [0, 0.05) is 0 Å². The molecule has 0 radical (unpaired) electrons. The van der Waals surface area contributed by atoms with Crippen LogP contribution in [0, 0.1) is 0 Å². The highest BCUT2D eigenvalue weighted by Crippen LogP contribution is 2.27. The van der Waals surface area contributed by atoms with Gasteiger partial charge in [-0.15, -0.1) is 10.2 Å². The maximum Gasteiger partial charge on any atom is 0.318 e. The van der Waals surface area contributed by atoms with Crippen molar-refractivity contribution in [2.24, 2.45) is 0 Å². The number of esters is 1. The van der Waals surface area contributed by atoms with E-state index >= 15 is 0 Å². The van der Waals surface area contributed by atoms with Crippen molar-refractivity contribution in [3.63, 3.8) is 0 Å². The van der Waals surface area contributed by atoms with Gasteiger partial charge in [0.1, 0.15) is 5.25 Å². The van der Waals surface area contributed by atoms with E-state index in [-0.39, 0.29) is 11.2 Å². The van der Waals surface area contributed by atoms with E-state index in [0.29, 0.717) is 9.47 Å². The monoisotopic (exact) mass is 219 g/mol. The molecule has 5 nitrogen and oxygen atoms in total. The molecular weight excluding hydrogens is 210 g/mol. The van der Waals surface area contributed by atoms with Crippen LogP contribution in [0.2, 0.25) is 0 Å². The first kappa shape index (κ1) is 10.3. The number of carbonyl (C=O) groups excluding carboxylic acids is 1.